The molecule has 1 heterocycles. The second-order valence-electron chi connectivity index (χ2n) is 4.03. The number of hydrogen-bond donors (Lipinski definition) is 1. The SMILES string of the molecule is Cc1ccccc1COC(=O)Cn1ccc(N)n1. The van der Waals surface area contributed by atoms with Gasteiger partial charge >= 0.3 is 5.97 Å². The molecule has 5 nitrogen and oxygen atoms in total. The van der Waals surface area contributed by atoms with E-state index in [-0.39, 0.29) is 19.1 Å². The maximum absolute atomic E-state index is 11.6. The maximum Gasteiger partial charge on any atom is 0.328 e. The first-order valence-corrected chi connectivity index (χ1v) is 5.64. The number of nitrogen functional groups attached to an aromatic ring is 1. The largest absolute Gasteiger partial charge is 0.459 e. The van der Waals surface area contributed by atoms with Crippen molar-refractivity contribution in [3.8, 4) is 0 Å². The number of carbonyl (C=O) groups is 1. The normalized spacial score (nSPS) is 10.3. The minimum Gasteiger partial charge on any atom is -0.459 e. The van der Waals surface area contributed by atoms with Crippen LogP contribution in [0.3, 0.4) is 0 Å². The molecular formula is C13H15N3O2. The molecule has 0 aliphatic rings. The maximum atomic E-state index is 11.6. The number of anilines is 1. The average Bonchev–Trinajstić information content (AvgIpc) is 2.74. The molecule has 18 heavy (non-hydrogen) atoms. The minimum absolute atomic E-state index is 0.0725. The van der Waals surface area contributed by atoms with Gasteiger partial charge in [-0.2, -0.15) is 5.10 Å². The molecule has 2 N–H and O–H groups in total. The van der Waals surface area contributed by atoms with Gasteiger partial charge in [-0.1, -0.05) is 24.3 Å². The van der Waals surface area contributed by atoms with E-state index in [0.717, 1.165) is 11.1 Å². The van der Waals surface area contributed by atoms with Gasteiger partial charge in [0.2, 0.25) is 0 Å². The molecule has 0 aliphatic heterocycles. The number of carbonyl (C=O) groups excluding carboxylic acids is 1. The molecule has 2 aromatic rings. The summed E-state index contributed by atoms with van der Waals surface area (Å²) >= 11 is 0. The van der Waals surface area contributed by atoms with Crippen molar-refractivity contribution in [2.45, 2.75) is 20.1 Å². The quantitative estimate of drug-likeness (QED) is 0.829. The van der Waals surface area contributed by atoms with Gasteiger partial charge in [-0.05, 0) is 24.1 Å². The molecule has 0 saturated heterocycles. The van der Waals surface area contributed by atoms with E-state index in [0.29, 0.717) is 5.82 Å². The summed E-state index contributed by atoms with van der Waals surface area (Å²) in [4.78, 5) is 11.6. The second kappa shape index (κ2) is 5.35. The lowest BCUT2D eigenvalue weighted by Gasteiger charge is -2.07. The van der Waals surface area contributed by atoms with Crippen molar-refractivity contribution in [3.63, 3.8) is 0 Å². The summed E-state index contributed by atoms with van der Waals surface area (Å²) in [5.74, 6) is 0.0584. The lowest BCUT2D eigenvalue weighted by atomic mass is 10.1. The number of benzene rings is 1. The molecule has 0 aliphatic carbocycles. The van der Waals surface area contributed by atoms with Crippen molar-refractivity contribution in [2.24, 2.45) is 0 Å². The summed E-state index contributed by atoms with van der Waals surface area (Å²) in [6.45, 7) is 2.34. The molecule has 0 bridgehead atoms. The van der Waals surface area contributed by atoms with Crippen molar-refractivity contribution in [2.75, 3.05) is 5.73 Å². The molecule has 0 spiro atoms. The number of ether oxygens (including phenoxy) is 1. The summed E-state index contributed by atoms with van der Waals surface area (Å²) in [6, 6.07) is 9.43. The van der Waals surface area contributed by atoms with Crippen molar-refractivity contribution in [3.05, 3.63) is 47.7 Å². The fourth-order valence-corrected chi connectivity index (χ4v) is 1.57. The Morgan fingerprint density at radius 3 is 2.83 bits per heavy atom. The standard InChI is InChI=1S/C13H15N3O2/c1-10-4-2-3-5-11(10)9-18-13(17)8-16-7-6-12(14)15-16/h2-7H,8-9H2,1H3,(H2,14,15). The summed E-state index contributed by atoms with van der Waals surface area (Å²) in [5, 5.41) is 3.92. The third-order valence-corrected chi connectivity index (χ3v) is 2.60. The van der Waals surface area contributed by atoms with Crippen LogP contribution in [0.1, 0.15) is 11.1 Å². The first-order chi connectivity index (χ1) is 8.65. The highest BCUT2D eigenvalue weighted by molar-refractivity contribution is 5.69. The van der Waals surface area contributed by atoms with Crippen LogP contribution in [0.5, 0.6) is 0 Å². The zero-order valence-corrected chi connectivity index (χ0v) is 10.2. The Morgan fingerprint density at radius 1 is 1.39 bits per heavy atom. The highest BCUT2D eigenvalue weighted by Crippen LogP contribution is 2.08. The highest BCUT2D eigenvalue weighted by Gasteiger charge is 2.06. The first-order valence-electron chi connectivity index (χ1n) is 5.64. The van der Waals surface area contributed by atoms with E-state index in [1.54, 1.807) is 12.3 Å². The fourth-order valence-electron chi connectivity index (χ4n) is 1.57. The van der Waals surface area contributed by atoms with Gasteiger partial charge in [-0.15, -0.1) is 0 Å². The van der Waals surface area contributed by atoms with Gasteiger partial charge in [0.15, 0.2) is 0 Å². The van der Waals surface area contributed by atoms with E-state index in [4.69, 9.17) is 10.5 Å². The molecular weight excluding hydrogens is 230 g/mol. The number of hydrogen-bond acceptors (Lipinski definition) is 4. The van der Waals surface area contributed by atoms with Crippen LogP contribution in [0, 0.1) is 6.92 Å². The molecule has 94 valence electrons. The van der Waals surface area contributed by atoms with Crippen LogP contribution in [0.2, 0.25) is 0 Å². The van der Waals surface area contributed by atoms with Crippen LogP contribution in [0.4, 0.5) is 5.82 Å². The van der Waals surface area contributed by atoms with Crippen LogP contribution < -0.4 is 5.73 Å². The monoisotopic (exact) mass is 245 g/mol. The number of esters is 1. The van der Waals surface area contributed by atoms with Crippen molar-refractivity contribution in [1.29, 1.82) is 0 Å². The predicted molar refractivity (Wildman–Crippen MR) is 67.6 cm³/mol. The predicted octanol–water partition coefficient (Wildman–Crippen LogP) is 1.52. The number of rotatable bonds is 4. The third kappa shape index (κ3) is 3.10. The van der Waals surface area contributed by atoms with Crippen LogP contribution in [-0.4, -0.2) is 15.7 Å². The average molecular weight is 245 g/mol. The zero-order chi connectivity index (χ0) is 13.0. The van der Waals surface area contributed by atoms with Gasteiger partial charge in [-0.3, -0.25) is 9.48 Å². The molecule has 0 atom stereocenters. The lowest BCUT2D eigenvalue weighted by molar-refractivity contribution is -0.145. The Labute approximate surface area is 105 Å². The Morgan fingerprint density at radius 2 is 2.17 bits per heavy atom. The van der Waals surface area contributed by atoms with Gasteiger partial charge < -0.3 is 10.5 Å². The van der Waals surface area contributed by atoms with Crippen LogP contribution in [0.15, 0.2) is 36.5 Å². The summed E-state index contributed by atoms with van der Waals surface area (Å²) in [5.41, 5.74) is 7.57. The van der Waals surface area contributed by atoms with E-state index in [2.05, 4.69) is 5.10 Å². The molecule has 2 rings (SSSR count). The zero-order valence-electron chi connectivity index (χ0n) is 10.2. The third-order valence-electron chi connectivity index (χ3n) is 2.60. The molecule has 1 aromatic heterocycles. The van der Waals surface area contributed by atoms with Gasteiger partial charge in [-0.25, -0.2) is 0 Å². The van der Waals surface area contributed by atoms with E-state index in [1.165, 1.54) is 4.68 Å². The molecule has 1 aromatic carbocycles. The Bertz CT molecular complexity index is 549. The Kier molecular flexibility index (Phi) is 3.62. The van der Waals surface area contributed by atoms with E-state index < -0.39 is 0 Å². The van der Waals surface area contributed by atoms with Gasteiger partial charge in [0, 0.05) is 6.20 Å². The van der Waals surface area contributed by atoms with Gasteiger partial charge in [0.25, 0.3) is 0 Å². The number of nitrogens with two attached hydrogens (primary N) is 1. The van der Waals surface area contributed by atoms with Crippen LogP contribution in [-0.2, 0) is 22.7 Å². The van der Waals surface area contributed by atoms with Crippen molar-refractivity contribution in [1.82, 2.24) is 9.78 Å². The van der Waals surface area contributed by atoms with Gasteiger partial charge in [0.05, 0.1) is 0 Å². The Hall–Kier alpha value is -2.30. The van der Waals surface area contributed by atoms with E-state index in [1.807, 2.05) is 31.2 Å². The topological polar surface area (TPSA) is 70.1 Å². The summed E-state index contributed by atoms with van der Waals surface area (Å²) < 4.78 is 6.64. The molecule has 0 radical (unpaired) electrons. The summed E-state index contributed by atoms with van der Waals surface area (Å²) in [7, 11) is 0. The smallest absolute Gasteiger partial charge is 0.328 e. The fraction of sp³-hybridized carbons (Fsp3) is 0.231. The summed E-state index contributed by atoms with van der Waals surface area (Å²) in [6.07, 6.45) is 1.64. The van der Waals surface area contributed by atoms with Gasteiger partial charge in [0.1, 0.15) is 19.0 Å². The van der Waals surface area contributed by atoms with E-state index >= 15 is 0 Å². The lowest BCUT2D eigenvalue weighted by Crippen LogP contribution is -2.14. The Balaban J connectivity index is 1.87. The number of nitrogens with zero attached hydrogens (tertiary/aromatic N) is 2. The molecule has 5 heteroatoms. The second-order valence-corrected chi connectivity index (χ2v) is 4.03. The minimum atomic E-state index is -0.332. The molecule has 0 saturated carbocycles. The van der Waals surface area contributed by atoms with Crippen molar-refractivity contribution >= 4 is 11.8 Å². The first kappa shape index (κ1) is 12.2. The van der Waals surface area contributed by atoms with Crippen LogP contribution >= 0.6 is 0 Å². The highest BCUT2D eigenvalue weighted by atomic mass is 16.5. The molecule has 0 amide bonds. The van der Waals surface area contributed by atoms with E-state index in [9.17, 15) is 4.79 Å². The van der Waals surface area contributed by atoms with Crippen molar-refractivity contribution < 1.29 is 9.53 Å². The number of aryl methyl sites for hydroxylation is 1. The molecule has 0 fully saturated rings. The van der Waals surface area contributed by atoms with Crippen LogP contribution in [0.25, 0.3) is 0 Å². The molecule has 0 unspecified atom stereocenters. The number of aromatic nitrogens is 2.